The summed E-state index contributed by atoms with van der Waals surface area (Å²) >= 11 is 0. The molecule has 0 bridgehead atoms. The van der Waals surface area contributed by atoms with Gasteiger partial charge in [-0.1, -0.05) is 12.1 Å². The fourth-order valence-electron chi connectivity index (χ4n) is 2.65. The number of fused-ring (bicyclic) bond motifs is 3. The maximum Gasteiger partial charge on any atom is 0.255 e. The number of hydrogen-bond donors (Lipinski definition) is 2. The van der Waals surface area contributed by atoms with E-state index < -0.39 is 0 Å². The molecule has 4 aromatic rings. The molecule has 0 spiro atoms. The third-order valence-electron chi connectivity index (χ3n) is 3.86. The lowest BCUT2D eigenvalue weighted by atomic mass is 10.1. The monoisotopic (exact) mass is 318 g/mol. The predicted molar refractivity (Wildman–Crippen MR) is 91.8 cm³/mol. The third kappa shape index (κ3) is 2.23. The molecule has 0 radical (unpaired) electrons. The van der Waals surface area contributed by atoms with Gasteiger partial charge in [-0.05, 0) is 37.3 Å². The highest BCUT2D eigenvalue weighted by molar-refractivity contribution is 6.07. The van der Waals surface area contributed by atoms with Gasteiger partial charge in [0.25, 0.3) is 5.91 Å². The Hall–Kier alpha value is -3.48. The Labute approximate surface area is 137 Å². The van der Waals surface area contributed by atoms with Crippen LogP contribution in [0.1, 0.15) is 16.2 Å². The molecular formula is C17H14N6O. The van der Waals surface area contributed by atoms with E-state index >= 15 is 0 Å². The maximum absolute atomic E-state index is 12.5. The molecule has 7 nitrogen and oxygen atoms in total. The van der Waals surface area contributed by atoms with Gasteiger partial charge in [0.15, 0.2) is 5.65 Å². The first-order chi connectivity index (χ1) is 11.6. The second-order valence-electron chi connectivity index (χ2n) is 5.44. The van der Waals surface area contributed by atoms with Crippen LogP contribution in [-0.4, -0.2) is 25.5 Å². The fraction of sp³-hybridized carbons (Fsp3) is 0.0588. The topological polar surface area (TPSA) is 98.2 Å². The van der Waals surface area contributed by atoms with Crippen molar-refractivity contribution in [2.24, 2.45) is 0 Å². The average Bonchev–Trinajstić information content (AvgIpc) is 2.98. The summed E-state index contributed by atoms with van der Waals surface area (Å²) in [6.45, 7) is 1.87. The number of benzene rings is 2. The van der Waals surface area contributed by atoms with Gasteiger partial charge < -0.3 is 11.1 Å². The number of para-hydroxylation sites is 2. The SMILES string of the molecule is Cc1nnc2cnc3cc(C(=O)Nc4ccccc4N)ccc3n12. The molecule has 1 amide bonds. The van der Waals surface area contributed by atoms with Crippen molar-refractivity contribution >= 4 is 34.0 Å². The Balaban J connectivity index is 1.75. The van der Waals surface area contributed by atoms with E-state index in [4.69, 9.17) is 5.73 Å². The predicted octanol–water partition coefficient (Wildman–Crippen LogP) is 2.42. The van der Waals surface area contributed by atoms with Gasteiger partial charge in [0.2, 0.25) is 0 Å². The van der Waals surface area contributed by atoms with Crippen molar-refractivity contribution in [2.45, 2.75) is 6.92 Å². The summed E-state index contributed by atoms with van der Waals surface area (Å²) in [4.78, 5) is 16.8. The van der Waals surface area contributed by atoms with E-state index in [9.17, 15) is 4.79 Å². The fourth-order valence-corrected chi connectivity index (χ4v) is 2.65. The highest BCUT2D eigenvalue weighted by atomic mass is 16.1. The van der Waals surface area contributed by atoms with E-state index in [2.05, 4.69) is 20.5 Å². The molecule has 24 heavy (non-hydrogen) atoms. The van der Waals surface area contributed by atoms with Gasteiger partial charge in [0.1, 0.15) is 5.82 Å². The van der Waals surface area contributed by atoms with E-state index in [1.807, 2.05) is 29.5 Å². The van der Waals surface area contributed by atoms with Crippen molar-refractivity contribution in [3.05, 3.63) is 60.0 Å². The van der Waals surface area contributed by atoms with Crippen molar-refractivity contribution in [1.82, 2.24) is 19.6 Å². The summed E-state index contributed by atoms with van der Waals surface area (Å²) in [5, 5.41) is 10.9. The van der Waals surface area contributed by atoms with E-state index in [-0.39, 0.29) is 5.91 Å². The molecule has 0 fully saturated rings. The summed E-state index contributed by atoms with van der Waals surface area (Å²) in [5.74, 6) is 0.531. The number of rotatable bonds is 2. The number of carbonyl (C=O) groups is 1. The highest BCUT2D eigenvalue weighted by Gasteiger charge is 2.11. The zero-order chi connectivity index (χ0) is 16.7. The number of hydrogen-bond acceptors (Lipinski definition) is 5. The molecule has 0 aliphatic rings. The van der Waals surface area contributed by atoms with Gasteiger partial charge in [0.05, 0.1) is 28.6 Å². The summed E-state index contributed by atoms with van der Waals surface area (Å²) in [6.07, 6.45) is 1.64. The minimum Gasteiger partial charge on any atom is -0.397 e. The Morgan fingerprint density at radius 1 is 1.17 bits per heavy atom. The van der Waals surface area contributed by atoms with Crippen LogP contribution in [0.3, 0.4) is 0 Å². The number of nitrogens with zero attached hydrogens (tertiary/aromatic N) is 4. The van der Waals surface area contributed by atoms with Gasteiger partial charge in [-0.3, -0.25) is 14.2 Å². The molecule has 0 atom stereocenters. The van der Waals surface area contributed by atoms with Crippen LogP contribution in [0.15, 0.2) is 48.7 Å². The molecule has 0 saturated carbocycles. The average molecular weight is 318 g/mol. The molecule has 0 aliphatic carbocycles. The molecular weight excluding hydrogens is 304 g/mol. The molecule has 2 aromatic heterocycles. The molecule has 0 unspecified atom stereocenters. The molecule has 4 rings (SSSR count). The number of anilines is 2. The lowest BCUT2D eigenvalue weighted by molar-refractivity contribution is 0.102. The minimum absolute atomic E-state index is 0.239. The zero-order valence-electron chi connectivity index (χ0n) is 12.9. The highest BCUT2D eigenvalue weighted by Crippen LogP contribution is 2.20. The molecule has 0 saturated heterocycles. The number of nitrogens with two attached hydrogens (primary N) is 1. The van der Waals surface area contributed by atoms with Crippen LogP contribution in [0.25, 0.3) is 16.7 Å². The summed E-state index contributed by atoms with van der Waals surface area (Å²) in [5.41, 5.74) is 9.69. The number of amides is 1. The second kappa shape index (κ2) is 5.31. The van der Waals surface area contributed by atoms with Crippen LogP contribution in [0, 0.1) is 6.92 Å². The second-order valence-corrected chi connectivity index (χ2v) is 5.44. The standard InChI is InChI=1S/C17H14N6O/c1-10-21-22-16-9-19-14-8-11(6-7-15(14)23(10)16)17(24)20-13-5-3-2-4-12(13)18/h2-9H,18H2,1H3,(H,20,24). The van der Waals surface area contributed by atoms with Crippen LogP contribution >= 0.6 is 0 Å². The van der Waals surface area contributed by atoms with Crippen LogP contribution in [-0.2, 0) is 0 Å². The van der Waals surface area contributed by atoms with Gasteiger partial charge in [-0.2, -0.15) is 0 Å². The van der Waals surface area contributed by atoms with Crippen molar-refractivity contribution in [2.75, 3.05) is 11.1 Å². The normalized spacial score (nSPS) is 11.0. The maximum atomic E-state index is 12.5. The number of aromatic nitrogens is 4. The molecule has 0 aliphatic heterocycles. The van der Waals surface area contributed by atoms with Gasteiger partial charge >= 0.3 is 0 Å². The first-order valence-corrected chi connectivity index (χ1v) is 7.40. The van der Waals surface area contributed by atoms with Crippen molar-refractivity contribution in [1.29, 1.82) is 0 Å². The Kier molecular flexibility index (Phi) is 3.13. The quantitative estimate of drug-likeness (QED) is 0.553. The van der Waals surface area contributed by atoms with E-state index in [1.54, 1.807) is 30.5 Å². The molecule has 118 valence electrons. The summed E-state index contributed by atoms with van der Waals surface area (Å²) in [6, 6.07) is 12.5. The molecule has 7 heteroatoms. The zero-order valence-corrected chi connectivity index (χ0v) is 12.9. The van der Waals surface area contributed by atoms with E-state index in [0.717, 1.165) is 11.3 Å². The lowest BCUT2D eigenvalue weighted by Crippen LogP contribution is -2.13. The molecule has 3 N–H and O–H groups in total. The largest absolute Gasteiger partial charge is 0.397 e. The first-order valence-electron chi connectivity index (χ1n) is 7.40. The van der Waals surface area contributed by atoms with E-state index in [0.29, 0.717) is 28.1 Å². The van der Waals surface area contributed by atoms with E-state index in [1.165, 1.54) is 0 Å². The van der Waals surface area contributed by atoms with Crippen LogP contribution in [0.5, 0.6) is 0 Å². The van der Waals surface area contributed by atoms with Gasteiger partial charge in [0, 0.05) is 5.56 Å². The Bertz CT molecular complexity index is 1090. The number of nitrogens with one attached hydrogen (secondary N) is 1. The number of carbonyl (C=O) groups excluding carboxylic acids is 1. The van der Waals surface area contributed by atoms with Gasteiger partial charge in [-0.25, -0.2) is 0 Å². The van der Waals surface area contributed by atoms with Crippen molar-refractivity contribution in [3.8, 4) is 0 Å². The van der Waals surface area contributed by atoms with Crippen molar-refractivity contribution < 1.29 is 4.79 Å². The van der Waals surface area contributed by atoms with Crippen LogP contribution in [0.2, 0.25) is 0 Å². The molecule has 2 aromatic carbocycles. The van der Waals surface area contributed by atoms with Crippen LogP contribution < -0.4 is 11.1 Å². The minimum atomic E-state index is -0.239. The number of aryl methyl sites for hydroxylation is 1. The Morgan fingerprint density at radius 3 is 2.83 bits per heavy atom. The summed E-state index contributed by atoms with van der Waals surface area (Å²) < 4.78 is 1.90. The molecule has 2 heterocycles. The van der Waals surface area contributed by atoms with Crippen LogP contribution in [0.4, 0.5) is 11.4 Å². The van der Waals surface area contributed by atoms with Gasteiger partial charge in [-0.15, -0.1) is 10.2 Å². The Morgan fingerprint density at radius 2 is 2.00 bits per heavy atom. The third-order valence-corrected chi connectivity index (χ3v) is 3.86. The lowest BCUT2D eigenvalue weighted by Gasteiger charge is -2.09. The number of nitrogen functional groups attached to an aromatic ring is 1. The smallest absolute Gasteiger partial charge is 0.255 e. The first kappa shape index (κ1) is 14.1. The van der Waals surface area contributed by atoms with Crippen molar-refractivity contribution in [3.63, 3.8) is 0 Å². The summed E-state index contributed by atoms with van der Waals surface area (Å²) in [7, 11) is 0.